The van der Waals surface area contributed by atoms with Gasteiger partial charge in [0.2, 0.25) is 0 Å². The molecule has 0 aliphatic carbocycles. The predicted octanol–water partition coefficient (Wildman–Crippen LogP) is 2.12. The number of benzene rings is 1. The molecule has 1 spiro atoms. The molecule has 1 N–H and O–H groups in total. The minimum atomic E-state index is -1.36. The van der Waals surface area contributed by atoms with E-state index in [0.29, 0.717) is 33.5 Å². The smallest absolute Gasteiger partial charge is 0.325 e. The highest BCUT2D eigenvalue weighted by Gasteiger charge is 2.53. The maximum Gasteiger partial charge on any atom is 0.325 e. The summed E-state index contributed by atoms with van der Waals surface area (Å²) in [6, 6.07) is 6.66. The highest BCUT2D eigenvalue weighted by Crippen LogP contribution is 2.47. The molecule has 0 radical (unpaired) electrons. The number of methoxy groups -OCH3 is 2. The third-order valence-electron chi connectivity index (χ3n) is 4.47. The zero-order valence-electron chi connectivity index (χ0n) is 15.6. The van der Waals surface area contributed by atoms with Gasteiger partial charge < -0.3 is 14.6 Å². The Hall–Kier alpha value is -2.63. The third kappa shape index (κ3) is 3.56. The Morgan fingerprint density at radius 1 is 1.31 bits per heavy atom. The van der Waals surface area contributed by atoms with Crippen molar-refractivity contribution in [1.29, 1.82) is 0 Å². The Balaban J connectivity index is 1.60. The normalized spacial score (nSPS) is 20.9. The van der Waals surface area contributed by atoms with Crippen molar-refractivity contribution in [2.24, 2.45) is 0 Å². The van der Waals surface area contributed by atoms with Crippen LogP contribution in [0.4, 0.5) is 5.69 Å². The number of halogens is 1. The van der Waals surface area contributed by atoms with E-state index in [1.165, 1.54) is 24.5 Å². The monoisotopic (exact) mass is 423 g/mol. The average molecular weight is 424 g/mol. The predicted molar refractivity (Wildman–Crippen MR) is 99.1 cm³/mol. The van der Waals surface area contributed by atoms with Crippen LogP contribution < -0.4 is 14.5 Å². The van der Waals surface area contributed by atoms with E-state index in [0.717, 1.165) is 0 Å². The van der Waals surface area contributed by atoms with Crippen molar-refractivity contribution in [3.05, 3.63) is 46.7 Å². The summed E-state index contributed by atoms with van der Waals surface area (Å²) >= 11 is 6.14. The van der Waals surface area contributed by atoms with E-state index in [4.69, 9.17) is 35.6 Å². The molecule has 3 heterocycles. The molecule has 0 saturated carbocycles. The maximum atomic E-state index is 11.2. The molecule has 29 heavy (non-hydrogen) atoms. The summed E-state index contributed by atoms with van der Waals surface area (Å²) in [5.41, 5.74) is 1.63. The molecular weight excluding hydrogens is 406 g/mol. The SMILES string of the molecule is COc1ccnc(CN2OCC3(O2)ON(CC(=O)O)c2ccc(Cl)cc23)c1OC. The maximum absolute atomic E-state index is 11.2. The zero-order valence-corrected chi connectivity index (χ0v) is 16.4. The van der Waals surface area contributed by atoms with Gasteiger partial charge in [-0.15, -0.1) is 0 Å². The lowest BCUT2D eigenvalue weighted by Gasteiger charge is -2.23. The van der Waals surface area contributed by atoms with Crippen LogP contribution in [0.5, 0.6) is 11.5 Å². The second-order valence-corrected chi connectivity index (χ2v) is 6.72. The number of hydrogen-bond donors (Lipinski definition) is 1. The Bertz CT molecular complexity index is 944. The largest absolute Gasteiger partial charge is 0.493 e. The number of aliphatic carboxylic acids is 1. The number of aromatic nitrogens is 1. The van der Waals surface area contributed by atoms with Crippen LogP contribution >= 0.6 is 11.6 Å². The van der Waals surface area contributed by atoms with E-state index in [9.17, 15) is 9.90 Å². The number of nitrogens with zero attached hydrogens (tertiary/aromatic N) is 3. The van der Waals surface area contributed by atoms with Crippen molar-refractivity contribution < 1.29 is 33.9 Å². The fourth-order valence-corrected chi connectivity index (χ4v) is 3.43. The van der Waals surface area contributed by atoms with Gasteiger partial charge in [0.15, 0.2) is 11.5 Å². The molecule has 1 atom stereocenters. The second-order valence-electron chi connectivity index (χ2n) is 6.28. The highest BCUT2D eigenvalue weighted by atomic mass is 35.5. The Labute approximate surface area is 170 Å². The van der Waals surface area contributed by atoms with Crippen molar-refractivity contribution in [2.75, 3.05) is 32.4 Å². The molecule has 1 saturated heterocycles. The summed E-state index contributed by atoms with van der Waals surface area (Å²) < 4.78 is 10.7. The van der Waals surface area contributed by atoms with E-state index >= 15 is 0 Å². The van der Waals surface area contributed by atoms with Crippen LogP contribution in [0.2, 0.25) is 5.02 Å². The third-order valence-corrected chi connectivity index (χ3v) is 4.70. The highest BCUT2D eigenvalue weighted by molar-refractivity contribution is 6.30. The molecule has 2 aliphatic rings. The van der Waals surface area contributed by atoms with E-state index in [-0.39, 0.29) is 19.7 Å². The minimum Gasteiger partial charge on any atom is -0.493 e. The summed E-state index contributed by atoms with van der Waals surface area (Å²) in [6.45, 7) is -0.270. The van der Waals surface area contributed by atoms with Crippen LogP contribution in [0.1, 0.15) is 11.3 Å². The number of fused-ring (bicyclic) bond motifs is 2. The number of carboxylic acid groups (broad SMARTS) is 1. The van der Waals surface area contributed by atoms with Crippen LogP contribution in [0.25, 0.3) is 0 Å². The molecular formula is C18H18ClN3O7. The first-order valence-corrected chi connectivity index (χ1v) is 8.97. The molecule has 0 amide bonds. The van der Waals surface area contributed by atoms with Gasteiger partial charge in [-0.1, -0.05) is 16.8 Å². The van der Waals surface area contributed by atoms with Gasteiger partial charge in [-0.2, -0.15) is 0 Å². The first kappa shape index (κ1) is 19.7. The second kappa shape index (κ2) is 7.65. The van der Waals surface area contributed by atoms with Crippen molar-refractivity contribution in [1.82, 2.24) is 10.2 Å². The Kier molecular flexibility index (Phi) is 5.19. The molecule has 2 aromatic rings. The lowest BCUT2D eigenvalue weighted by atomic mass is 10.1. The van der Waals surface area contributed by atoms with Crippen molar-refractivity contribution >= 4 is 23.3 Å². The minimum absolute atomic E-state index is 0.0112. The first-order valence-electron chi connectivity index (χ1n) is 8.59. The molecule has 0 bridgehead atoms. The van der Waals surface area contributed by atoms with E-state index < -0.39 is 11.8 Å². The lowest BCUT2D eigenvalue weighted by Crippen LogP contribution is -2.36. The van der Waals surface area contributed by atoms with Crippen molar-refractivity contribution in [3.63, 3.8) is 0 Å². The summed E-state index contributed by atoms with van der Waals surface area (Å²) in [5, 5.41) is 12.1. The van der Waals surface area contributed by atoms with E-state index in [1.54, 1.807) is 30.5 Å². The average Bonchev–Trinajstić information content (AvgIpc) is 3.22. The number of carboxylic acids is 1. The van der Waals surface area contributed by atoms with Gasteiger partial charge in [0.05, 0.1) is 26.5 Å². The molecule has 2 aliphatic heterocycles. The van der Waals surface area contributed by atoms with E-state index in [1.807, 2.05) is 0 Å². The summed E-state index contributed by atoms with van der Waals surface area (Å²) in [6.07, 6.45) is 1.58. The molecule has 1 unspecified atom stereocenters. The molecule has 4 rings (SSSR count). The number of rotatable bonds is 6. The lowest BCUT2D eigenvalue weighted by molar-refractivity contribution is -0.368. The van der Waals surface area contributed by atoms with Gasteiger partial charge in [-0.3, -0.25) is 14.6 Å². The molecule has 154 valence electrons. The zero-order chi connectivity index (χ0) is 20.6. The van der Waals surface area contributed by atoms with Gasteiger partial charge >= 0.3 is 5.97 Å². The molecule has 1 aromatic heterocycles. The Morgan fingerprint density at radius 2 is 2.14 bits per heavy atom. The Morgan fingerprint density at radius 3 is 2.86 bits per heavy atom. The van der Waals surface area contributed by atoms with Gasteiger partial charge in [0.1, 0.15) is 18.8 Å². The number of anilines is 1. The molecule has 10 nitrogen and oxygen atoms in total. The van der Waals surface area contributed by atoms with Crippen LogP contribution in [0.3, 0.4) is 0 Å². The van der Waals surface area contributed by atoms with Crippen molar-refractivity contribution in [2.45, 2.75) is 12.3 Å². The molecule has 1 aromatic carbocycles. The number of hydroxylamine groups is 3. The topological polar surface area (TPSA) is 103 Å². The fraction of sp³-hybridized carbons (Fsp3) is 0.333. The summed E-state index contributed by atoms with van der Waals surface area (Å²) in [5.74, 6) is -1.44. The van der Waals surface area contributed by atoms with Crippen LogP contribution in [-0.4, -0.2) is 48.7 Å². The number of pyridine rings is 1. The standard InChI is InChI=1S/C18H18ClN3O7/c1-25-15-5-6-20-13(17(15)26-2)8-22-27-10-18(29-22)12-7-11(19)3-4-14(12)21(28-18)9-16(23)24/h3-7H,8-10H2,1-2H3,(H,23,24). The summed E-state index contributed by atoms with van der Waals surface area (Å²) in [4.78, 5) is 32.9. The number of carbonyl (C=O) groups is 1. The number of hydrogen-bond acceptors (Lipinski definition) is 9. The fourth-order valence-electron chi connectivity index (χ4n) is 3.26. The van der Waals surface area contributed by atoms with Crippen LogP contribution in [-0.2, 0) is 31.6 Å². The molecule has 11 heteroatoms. The van der Waals surface area contributed by atoms with Crippen LogP contribution in [0, 0.1) is 0 Å². The van der Waals surface area contributed by atoms with Gasteiger partial charge in [-0.05, 0) is 18.2 Å². The van der Waals surface area contributed by atoms with E-state index in [2.05, 4.69) is 4.98 Å². The van der Waals surface area contributed by atoms with Gasteiger partial charge in [0, 0.05) is 22.8 Å². The van der Waals surface area contributed by atoms with Gasteiger partial charge in [-0.25, -0.2) is 14.7 Å². The first-order chi connectivity index (χ1) is 14.0. The van der Waals surface area contributed by atoms with Crippen LogP contribution in [0.15, 0.2) is 30.5 Å². The quantitative estimate of drug-likeness (QED) is 0.743. The molecule has 1 fully saturated rings. The summed E-state index contributed by atoms with van der Waals surface area (Å²) in [7, 11) is 3.04. The number of ether oxygens (including phenoxy) is 2. The van der Waals surface area contributed by atoms with Crippen molar-refractivity contribution in [3.8, 4) is 11.5 Å². The van der Waals surface area contributed by atoms with Gasteiger partial charge in [0.25, 0.3) is 5.79 Å².